The summed E-state index contributed by atoms with van der Waals surface area (Å²) in [6.45, 7) is 0. The fourth-order valence-electron chi connectivity index (χ4n) is 1.92. The molecule has 0 aliphatic rings. The molecule has 0 aliphatic heterocycles. The van der Waals surface area contributed by atoms with Gasteiger partial charge in [0.15, 0.2) is 11.5 Å². The first-order valence-corrected chi connectivity index (χ1v) is 6.54. The van der Waals surface area contributed by atoms with Crippen LogP contribution in [0.1, 0.15) is 16.7 Å². The third kappa shape index (κ3) is 3.31. The molecule has 2 aromatic carbocycles. The zero-order valence-electron chi connectivity index (χ0n) is 12.6. The SMILES string of the molecule is COc1cccc(C#Cc2cc(OC)c(OC)cc2C#N)c1. The molecule has 0 aliphatic carbocycles. The molecule has 0 amide bonds. The highest BCUT2D eigenvalue weighted by Gasteiger charge is 2.09. The molecule has 2 rings (SSSR count). The van der Waals surface area contributed by atoms with E-state index in [4.69, 9.17) is 14.2 Å². The average molecular weight is 293 g/mol. The van der Waals surface area contributed by atoms with Crippen LogP contribution in [0.3, 0.4) is 0 Å². The van der Waals surface area contributed by atoms with E-state index >= 15 is 0 Å². The monoisotopic (exact) mass is 293 g/mol. The van der Waals surface area contributed by atoms with Crippen LogP contribution in [0.15, 0.2) is 36.4 Å². The maximum Gasteiger partial charge on any atom is 0.162 e. The van der Waals surface area contributed by atoms with Gasteiger partial charge in [0.25, 0.3) is 0 Å². The predicted octanol–water partition coefficient (Wildman–Crippen LogP) is 2.98. The van der Waals surface area contributed by atoms with E-state index in [-0.39, 0.29) is 0 Å². The summed E-state index contributed by atoms with van der Waals surface area (Å²) in [6, 6.07) is 12.9. The Balaban J connectivity index is 2.45. The van der Waals surface area contributed by atoms with Crippen LogP contribution in [-0.2, 0) is 0 Å². The van der Waals surface area contributed by atoms with E-state index in [0.717, 1.165) is 11.3 Å². The van der Waals surface area contributed by atoms with Gasteiger partial charge < -0.3 is 14.2 Å². The summed E-state index contributed by atoms with van der Waals surface area (Å²) in [7, 11) is 4.68. The fourth-order valence-corrected chi connectivity index (χ4v) is 1.92. The minimum absolute atomic E-state index is 0.438. The molecule has 0 heterocycles. The normalized spacial score (nSPS) is 9.18. The Labute approximate surface area is 129 Å². The molecular weight excluding hydrogens is 278 g/mol. The molecule has 0 atom stereocenters. The molecule has 0 aromatic heterocycles. The summed E-state index contributed by atoms with van der Waals surface area (Å²) >= 11 is 0. The molecule has 2 aromatic rings. The quantitative estimate of drug-likeness (QED) is 0.816. The second kappa shape index (κ2) is 7.06. The molecule has 0 saturated heterocycles. The van der Waals surface area contributed by atoms with Crippen LogP contribution in [0.4, 0.5) is 0 Å². The third-order valence-corrected chi connectivity index (χ3v) is 3.06. The van der Waals surface area contributed by atoms with Crippen molar-refractivity contribution >= 4 is 0 Å². The van der Waals surface area contributed by atoms with Gasteiger partial charge in [-0.15, -0.1) is 0 Å². The summed E-state index contributed by atoms with van der Waals surface area (Å²) in [5.41, 5.74) is 1.83. The Bertz CT molecular complexity index is 779. The maximum atomic E-state index is 9.25. The fraction of sp³-hybridized carbons (Fsp3) is 0.167. The van der Waals surface area contributed by atoms with E-state index in [9.17, 15) is 5.26 Å². The Morgan fingerprint density at radius 1 is 0.818 bits per heavy atom. The van der Waals surface area contributed by atoms with Crippen molar-refractivity contribution in [2.24, 2.45) is 0 Å². The van der Waals surface area contributed by atoms with Gasteiger partial charge in [0.2, 0.25) is 0 Å². The van der Waals surface area contributed by atoms with Crippen LogP contribution in [0.5, 0.6) is 17.2 Å². The van der Waals surface area contributed by atoms with Crippen LogP contribution in [0.2, 0.25) is 0 Å². The minimum Gasteiger partial charge on any atom is -0.497 e. The van der Waals surface area contributed by atoms with Gasteiger partial charge in [-0.2, -0.15) is 5.26 Å². The van der Waals surface area contributed by atoms with Gasteiger partial charge in [-0.3, -0.25) is 0 Å². The van der Waals surface area contributed by atoms with Crippen molar-refractivity contribution in [2.75, 3.05) is 21.3 Å². The van der Waals surface area contributed by atoms with Crippen molar-refractivity contribution in [1.29, 1.82) is 5.26 Å². The summed E-state index contributed by atoms with van der Waals surface area (Å²) in [5.74, 6) is 7.80. The number of rotatable bonds is 3. The number of nitrogens with zero attached hydrogens (tertiary/aromatic N) is 1. The van der Waals surface area contributed by atoms with Gasteiger partial charge >= 0.3 is 0 Å². The lowest BCUT2D eigenvalue weighted by Crippen LogP contribution is -1.94. The zero-order valence-corrected chi connectivity index (χ0v) is 12.6. The third-order valence-electron chi connectivity index (χ3n) is 3.06. The zero-order chi connectivity index (χ0) is 15.9. The van der Waals surface area contributed by atoms with E-state index in [1.807, 2.05) is 24.3 Å². The first-order chi connectivity index (χ1) is 10.7. The Hall–Kier alpha value is -3.11. The van der Waals surface area contributed by atoms with Crippen LogP contribution in [-0.4, -0.2) is 21.3 Å². The summed E-state index contributed by atoms with van der Waals surface area (Å²) < 4.78 is 15.6. The second-order valence-electron chi connectivity index (χ2n) is 4.35. The number of methoxy groups -OCH3 is 3. The van der Waals surface area contributed by atoms with Crippen molar-refractivity contribution in [3.63, 3.8) is 0 Å². The molecule has 0 radical (unpaired) electrons. The number of benzene rings is 2. The molecule has 0 spiro atoms. The largest absolute Gasteiger partial charge is 0.497 e. The van der Waals surface area contributed by atoms with Crippen LogP contribution in [0, 0.1) is 23.2 Å². The Kier molecular flexibility index (Phi) is 4.90. The highest BCUT2D eigenvalue weighted by molar-refractivity contribution is 5.58. The molecule has 0 unspecified atom stereocenters. The molecule has 0 saturated carbocycles. The number of hydrogen-bond acceptors (Lipinski definition) is 4. The highest BCUT2D eigenvalue weighted by Crippen LogP contribution is 2.30. The van der Waals surface area contributed by atoms with Gasteiger partial charge in [-0.25, -0.2) is 0 Å². The molecule has 0 N–H and O–H groups in total. The van der Waals surface area contributed by atoms with Gasteiger partial charge in [0, 0.05) is 23.3 Å². The Morgan fingerprint density at radius 3 is 2.09 bits per heavy atom. The lowest BCUT2D eigenvalue weighted by Gasteiger charge is -2.08. The molecule has 110 valence electrons. The predicted molar refractivity (Wildman–Crippen MR) is 83.2 cm³/mol. The Morgan fingerprint density at radius 2 is 1.50 bits per heavy atom. The van der Waals surface area contributed by atoms with E-state index in [0.29, 0.717) is 22.6 Å². The summed E-state index contributed by atoms with van der Waals surface area (Å²) in [6.07, 6.45) is 0. The van der Waals surface area contributed by atoms with Gasteiger partial charge in [-0.05, 0) is 18.2 Å². The first kappa shape index (κ1) is 15.3. The van der Waals surface area contributed by atoms with Crippen molar-refractivity contribution in [2.45, 2.75) is 0 Å². The van der Waals surface area contributed by atoms with Crippen LogP contribution < -0.4 is 14.2 Å². The lowest BCUT2D eigenvalue weighted by atomic mass is 10.1. The lowest BCUT2D eigenvalue weighted by molar-refractivity contribution is 0.355. The number of ether oxygens (including phenoxy) is 3. The first-order valence-electron chi connectivity index (χ1n) is 6.54. The minimum atomic E-state index is 0.438. The van der Waals surface area contributed by atoms with Gasteiger partial charge in [0.1, 0.15) is 11.8 Å². The van der Waals surface area contributed by atoms with Gasteiger partial charge in [-0.1, -0.05) is 17.9 Å². The van der Waals surface area contributed by atoms with Gasteiger partial charge in [0.05, 0.1) is 26.9 Å². The van der Waals surface area contributed by atoms with Crippen LogP contribution in [0.25, 0.3) is 0 Å². The molecule has 4 heteroatoms. The standard InChI is InChI=1S/C18H15NO3/c1-20-16-6-4-5-13(9-16)7-8-14-10-17(21-2)18(22-3)11-15(14)12-19/h4-6,9-11H,1-3H3. The molecule has 22 heavy (non-hydrogen) atoms. The number of nitriles is 1. The number of hydrogen-bond donors (Lipinski definition) is 0. The average Bonchev–Trinajstić information content (AvgIpc) is 2.59. The van der Waals surface area contributed by atoms with Crippen LogP contribution >= 0.6 is 0 Å². The molecule has 0 fully saturated rings. The van der Waals surface area contributed by atoms with E-state index in [1.165, 1.54) is 7.11 Å². The van der Waals surface area contributed by atoms with Crippen molar-refractivity contribution in [3.05, 3.63) is 53.1 Å². The smallest absolute Gasteiger partial charge is 0.162 e. The second-order valence-corrected chi connectivity index (χ2v) is 4.35. The maximum absolute atomic E-state index is 9.25. The van der Waals surface area contributed by atoms with E-state index in [2.05, 4.69) is 17.9 Å². The molecule has 0 bridgehead atoms. The molecule has 4 nitrogen and oxygen atoms in total. The topological polar surface area (TPSA) is 51.5 Å². The summed E-state index contributed by atoms with van der Waals surface area (Å²) in [4.78, 5) is 0. The van der Waals surface area contributed by atoms with E-state index in [1.54, 1.807) is 26.4 Å². The van der Waals surface area contributed by atoms with Crippen molar-refractivity contribution in [3.8, 4) is 35.2 Å². The summed E-state index contributed by atoms with van der Waals surface area (Å²) in [5, 5.41) is 9.25. The highest BCUT2D eigenvalue weighted by atomic mass is 16.5. The molecular formula is C18H15NO3. The van der Waals surface area contributed by atoms with Crippen molar-refractivity contribution in [1.82, 2.24) is 0 Å². The van der Waals surface area contributed by atoms with E-state index < -0.39 is 0 Å². The van der Waals surface area contributed by atoms with Crippen molar-refractivity contribution < 1.29 is 14.2 Å².